The summed E-state index contributed by atoms with van der Waals surface area (Å²) in [6, 6.07) is 16.7. The van der Waals surface area contributed by atoms with E-state index in [4.69, 9.17) is 9.84 Å². The summed E-state index contributed by atoms with van der Waals surface area (Å²) in [5.41, 5.74) is 3.34. The van der Waals surface area contributed by atoms with Gasteiger partial charge in [-0.25, -0.2) is 5.01 Å². The Labute approximate surface area is 144 Å². The third kappa shape index (κ3) is 2.12. The maximum Gasteiger partial charge on any atom is 0.222 e. The molecule has 0 amide bonds. The summed E-state index contributed by atoms with van der Waals surface area (Å²) in [6.45, 7) is 0. The number of rotatable bonds is 2. The quantitative estimate of drug-likeness (QED) is 0.698. The molecule has 2 aromatic heterocycles. The lowest BCUT2D eigenvalue weighted by Crippen LogP contribution is -2.33. The molecule has 4 heterocycles. The van der Waals surface area contributed by atoms with E-state index in [1.54, 1.807) is 17.5 Å². The molecule has 0 saturated carbocycles. The van der Waals surface area contributed by atoms with Crippen LogP contribution in [-0.2, 0) is 0 Å². The van der Waals surface area contributed by atoms with Crippen LogP contribution in [0, 0.1) is 0 Å². The molecule has 0 unspecified atom stereocenters. The van der Waals surface area contributed by atoms with Gasteiger partial charge < -0.3 is 4.74 Å². The average molecular weight is 333 g/mol. The van der Waals surface area contributed by atoms with Gasteiger partial charge in [0.15, 0.2) is 0 Å². The van der Waals surface area contributed by atoms with E-state index in [0.717, 1.165) is 23.4 Å². The number of thiophene rings is 1. The van der Waals surface area contributed by atoms with Crippen LogP contribution < -0.4 is 4.74 Å². The number of benzene rings is 1. The molecular weight excluding hydrogens is 318 g/mol. The molecule has 2 aliphatic rings. The fraction of sp³-hybridized carbons (Fsp3) is 0.158. The third-order valence-electron chi connectivity index (χ3n) is 4.48. The van der Waals surface area contributed by atoms with Gasteiger partial charge in [-0.3, -0.25) is 4.98 Å². The van der Waals surface area contributed by atoms with Gasteiger partial charge in [-0.1, -0.05) is 30.3 Å². The molecule has 1 aromatic carbocycles. The molecule has 0 aliphatic carbocycles. The van der Waals surface area contributed by atoms with Crippen LogP contribution in [0.2, 0.25) is 0 Å². The number of aromatic nitrogens is 1. The second-order valence-electron chi connectivity index (χ2n) is 5.91. The van der Waals surface area contributed by atoms with Gasteiger partial charge in [0, 0.05) is 29.9 Å². The second kappa shape index (κ2) is 5.46. The fourth-order valence-electron chi connectivity index (χ4n) is 3.36. The molecule has 2 aliphatic heterocycles. The summed E-state index contributed by atoms with van der Waals surface area (Å²) in [5.74, 6) is 0.958. The first kappa shape index (κ1) is 13.7. The highest BCUT2D eigenvalue weighted by Crippen LogP contribution is 2.47. The average Bonchev–Trinajstić information content (AvgIpc) is 3.32. The number of ether oxygens (including phenoxy) is 1. The van der Waals surface area contributed by atoms with Gasteiger partial charge in [0.05, 0.1) is 16.6 Å². The molecule has 0 N–H and O–H groups in total. The fourth-order valence-corrected chi connectivity index (χ4v) is 4.11. The smallest absolute Gasteiger partial charge is 0.222 e. The Morgan fingerprint density at radius 1 is 1.08 bits per heavy atom. The number of nitrogens with zero attached hydrogens (tertiary/aromatic N) is 3. The summed E-state index contributed by atoms with van der Waals surface area (Å²) in [7, 11) is 0. The molecule has 0 bridgehead atoms. The van der Waals surface area contributed by atoms with E-state index >= 15 is 0 Å². The zero-order valence-corrected chi connectivity index (χ0v) is 13.7. The topological polar surface area (TPSA) is 37.7 Å². The van der Waals surface area contributed by atoms with Gasteiger partial charge in [-0.2, -0.15) is 5.10 Å². The predicted octanol–water partition coefficient (Wildman–Crippen LogP) is 4.39. The van der Waals surface area contributed by atoms with E-state index in [1.165, 1.54) is 10.4 Å². The SMILES string of the molecule is c1cncc(C2=NN3[C@@H](c4cccs4)Oc4ccccc4[C@@H]3C2)c1. The van der Waals surface area contributed by atoms with Crippen molar-refractivity contribution in [2.45, 2.75) is 18.7 Å². The Hall–Kier alpha value is -2.66. The third-order valence-corrected chi connectivity index (χ3v) is 5.38. The van der Waals surface area contributed by atoms with Crippen molar-refractivity contribution in [3.05, 3.63) is 82.3 Å². The molecule has 4 nitrogen and oxygen atoms in total. The first-order valence-electron chi connectivity index (χ1n) is 7.95. The molecule has 0 radical (unpaired) electrons. The normalized spacial score (nSPS) is 21.7. The van der Waals surface area contributed by atoms with Crippen molar-refractivity contribution in [3.63, 3.8) is 0 Å². The van der Waals surface area contributed by atoms with Crippen molar-refractivity contribution in [2.24, 2.45) is 5.10 Å². The first-order chi connectivity index (χ1) is 11.9. The number of hydrogen-bond donors (Lipinski definition) is 0. The molecule has 5 rings (SSSR count). The van der Waals surface area contributed by atoms with Crippen molar-refractivity contribution < 1.29 is 4.74 Å². The molecule has 0 fully saturated rings. The van der Waals surface area contributed by atoms with E-state index in [1.807, 2.05) is 18.3 Å². The monoisotopic (exact) mass is 333 g/mol. The highest BCUT2D eigenvalue weighted by Gasteiger charge is 2.41. The standard InChI is InChI=1S/C19H15N3OS/c1-2-7-17-14(6-1)16-11-15(13-5-3-9-20-12-13)21-22(16)19(23-17)18-8-4-10-24-18/h1-10,12,16,19H,11H2/t16-,19+/m0/s1. The van der Waals surface area contributed by atoms with Crippen LogP contribution in [0.15, 0.2) is 71.4 Å². The molecule has 118 valence electrons. The van der Waals surface area contributed by atoms with Crippen molar-refractivity contribution in [1.82, 2.24) is 9.99 Å². The van der Waals surface area contributed by atoms with E-state index in [9.17, 15) is 0 Å². The number of pyridine rings is 1. The number of hydrogen-bond acceptors (Lipinski definition) is 5. The van der Waals surface area contributed by atoms with Gasteiger partial charge in [0.1, 0.15) is 5.75 Å². The largest absolute Gasteiger partial charge is 0.464 e. The van der Waals surface area contributed by atoms with Crippen LogP contribution in [0.4, 0.5) is 0 Å². The van der Waals surface area contributed by atoms with E-state index in [2.05, 4.69) is 51.8 Å². The molecule has 24 heavy (non-hydrogen) atoms. The summed E-state index contributed by atoms with van der Waals surface area (Å²) >= 11 is 1.70. The van der Waals surface area contributed by atoms with Crippen molar-refractivity contribution in [2.75, 3.05) is 0 Å². The molecular formula is C19H15N3OS. The van der Waals surface area contributed by atoms with Crippen LogP contribution in [0.3, 0.4) is 0 Å². The maximum atomic E-state index is 6.29. The zero-order chi connectivity index (χ0) is 15.9. The van der Waals surface area contributed by atoms with E-state index in [-0.39, 0.29) is 12.3 Å². The lowest BCUT2D eigenvalue weighted by molar-refractivity contribution is -0.0165. The summed E-state index contributed by atoms with van der Waals surface area (Å²) in [5, 5.41) is 9.10. The molecule has 3 aromatic rings. The second-order valence-corrected chi connectivity index (χ2v) is 6.89. The number of hydrazone groups is 1. The van der Waals surface area contributed by atoms with Gasteiger partial charge >= 0.3 is 0 Å². The number of para-hydroxylation sites is 1. The first-order valence-corrected chi connectivity index (χ1v) is 8.83. The lowest BCUT2D eigenvalue weighted by Gasteiger charge is -2.37. The van der Waals surface area contributed by atoms with E-state index < -0.39 is 0 Å². The Kier molecular flexibility index (Phi) is 3.13. The van der Waals surface area contributed by atoms with Crippen LogP contribution >= 0.6 is 11.3 Å². The predicted molar refractivity (Wildman–Crippen MR) is 94.1 cm³/mol. The maximum absolute atomic E-state index is 6.29. The van der Waals surface area contributed by atoms with Crippen molar-refractivity contribution in [1.29, 1.82) is 0 Å². The van der Waals surface area contributed by atoms with Gasteiger partial charge in [-0.05, 0) is 23.6 Å². The van der Waals surface area contributed by atoms with Gasteiger partial charge in [0.25, 0.3) is 0 Å². The van der Waals surface area contributed by atoms with E-state index in [0.29, 0.717) is 0 Å². The molecule has 0 saturated heterocycles. The van der Waals surface area contributed by atoms with Crippen molar-refractivity contribution in [3.8, 4) is 5.75 Å². The summed E-state index contributed by atoms with van der Waals surface area (Å²) in [6.07, 6.45) is 4.37. The summed E-state index contributed by atoms with van der Waals surface area (Å²) in [4.78, 5) is 5.40. The lowest BCUT2D eigenvalue weighted by atomic mass is 9.97. The number of fused-ring (bicyclic) bond motifs is 3. The Bertz CT molecular complexity index is 892. The highest BCUT2D eigenvalue weighted by atomic mass is 32.1. The summed E-state index contributed by atoms with van der Waals surface area (Å²) < 4.78 is 6.29. The minimum absolute atomic E-state index is 0.168. The minimum atomic E-state index is -0.168. The van der Waals surface area contributed by atoms with Crippen LogP contribution in [0.5, 0.6) is 5.75 Å². The molecule has 2 atom stereocenters. The zero-order valence-electron chi connectivity index (χ0n) is 12.9. The van der Waals surface area contributed by atoms with Crippen molar-refractivity contribution >= 4 is 17.0 Å². The Morgan fingerprint density at radius 3 is 2.88 bits per heavy atom. The van der Waals surface area contributed by atoms with Gasteiger partial charge in [-0.15, -0.1) is 11.3 Å². The molecule has 5 heteroatoms. The van der Waals surface area contributed by atoms with Gasteiger partial charge in [0.2, 0.25) is 6.23 Å². The Morgan fingerprint density at radius 2 is 2.04 bits per heavy atom. The Balaban J connectivity index is 1.61. The van der Waals surface area contributed by atoms with Crippen LogP contribution in [0.25, 0.3) is 0 Å². The highest BCUT2D eigenvalue weighted by molar-refractivity contribution is 7.10. The molecule has 0 spiro atoms. The van der Waals surface area contributed by atoms with Crippen LogP contribution in [0.1, 0.15) is 34.7 Å². The minimum Gasteiger partial charge on any atom is -0.464 e. The van der Waals surface area contributed by atoms with Crippen LogP contribution in [-0.4, -0.2) is 15.7 Å².